The highest BCUT2D eigenvalue weighted by atomic mass is 28.3. The van der Waals surface area contributed by atoms with Gasteiger partial charge in [0.1, 0.15) is 8.07 Å². The zero-order chi connectivity index (χ0) is 15.8. The molecule has 22 heavy (non-hydrogen) atoms. The predicted molar refractivity (Wildman–Crippen MR) is 93.2 cm³/mol. The van der Waals surface area contributed by atoms with Gasteiger partial charge in [0.2, 0.25) is 0 Å². The molecule has 1 unspecified atom stereocenters. The molecule has 0 N–H and O–H groups in total. The summed E-state index contributed by atoms with van der Waals surface area (Å²) in [5, 5.41) is 0. The third-order valence-electron chi connectivity index (χ3n) is 5.21. The number of imidazole rings is 1. The molecule has 0 saturated carbocycles. The summed E-state index contributed by atoms with van der Waals surface area (Å²) in [5.41, 5.74) is 1.38. The van der Waals surface area contributed by atoms with E-state index in [0.717, 1.165) is 32.6 Å². The summed E-state index contributed by atoms with van der Waals surface area (Å²) in [6.07, 6.45) is 8.65. The van der Waals surface area contributed by atoms with Gasteiger partial charge in [0, 0.05) is 25.5 Å². The largest absolute Gasteiger partial charge is 0.353 e. The molecule has 1 aliphatic heterocycles. The van der Waals surface area contributed by atoms with E-state index >= 15 is 0 Å². The maximum Gasteiger partial charge on any atom is 0.157 e. The monoisotopic (exact) mass is 324 g/mol. The molecule has 2 rings (SSSR count). The second kappa shape index (κ2) is 8.84. The molecule has 1 saturated heterocycles. The lowest BCUT2D eigenvalue weighted by Gasteiger charge is -2.28. The first-order chi connectivity index (χ1) is 10.8. The molecule has 1 aromatic rings. The molecule has 1 aliphatic rings. The van der Waals surface area contributed by atoms with Crippen LogP contribution in [0.25, 0.3) is 0 Å². The minimum Gasteiger partial charge on any atom is -0.353 e. The van der Waals surface area contributed by atoms with Crippen molar-refractivity contribution in [2.75, 3.05) is 13.2 Å². The van der Waals surface area contributed by atoms with Crippen molar-refractivity contribution >= 4 is 13.5 Å². The number of aryl methyl sites for hydroxylation is 1. The highest BCUT2D eigenvalue weighted by Crippen LogP contribution is 2.19. The van der Waals surface area contributed by atoms with E-state index in [-0.39, 0.29) is 6.29 Å². The second-order valence-electron chi connectivity index (χ2n) is 6.31. The van der Waals surface area contributed by atoms with Gasteiger partial charge in [-0.05, 0) is 25.7 Å². The lowest BCUT2D eigenvalue weighted by molar-refractivity contribution is -0.162. The summed E-state index contributed by atoms with van der Waals surface area (Å²) in [7, 11) is -1.39. The Labute approximate surface area is 136 Å². The van der Waals surface area contributed by atoms with Gasteiger partial charge in [-0.1, -0.05) is 38.9 Å². The van der Waals surface area contributed by atoms with Crippen LogP contribution in [-0.2, 0) is 16.0 Å². The fourth-order valence-corrected chi connectivity index (χ4v) is 7.06. The van der Waals surface area contributed by atoms with Gasteiger partial charge in [0.25, 0.3) is 0 Å². The Morgan fingerprint density at radius 2 is 2.05 bits per heavy atom. The Morgan fingerprint density at radius 1 is 1.27 bits per heavy atom. The number of aromatic nitrogens is 2. The number of ether oxygens (including phenoxy) is 2. The quantitative estimate of drug-likeness (QED) is 0.515. The third kappa shape index (κ3) is 4.21. The Morgan fingerprint density at radius 3 is 2.68 bits per heavy atom. The zero-order valence-corrected chi connectivity index (χ0v) is 15.5. The highest BCUT2D eigenvalue weighted by molar-refractivity contribution is 6.90. The lowest BCUT2D eigenvalue weighted by Crippen LogP contribution is -2.51. The van der Waals surface area contributed by atoms with Crippen LogP contribution in [0.1, 0.15) is 46.5 Å². The van der Waals surface area contributed by atoms with E-state index in [4.69, 9.17) is 14.5 Å². The molecular formula is C17H32N2O2Si. The molecule has 0 aliphatic carbocycles. The topological polar surface area (TPSA) is 36.3 Å². The van der Waals surface area contributed by atoms with Crippen LogP contribution in [-0.4, -0.2) is 37.1 Å². The number of nitrogens with zero attached hydrogens (tertiary/aromatic N) is 2. The maximum atomic E-state index is 5.84. The second-order valence-corrected chi connectivity index (χ2v) is 11.4. The Hall–Kier alpha value is -0.653. The number of rotatable bonds is 9. The molecule has 0 spiro atoms. The molecular weight excluding hydrogens is 292 g/mol. The molecule has 0 amide bonds. The summed E-state index contributed by atoms with van der Waals surface area (Å²) in [6, 6.07) is 3.84. The van der Waals surface area contributed by atoms with Crippen LogP contribution in [0.4, 0.5) is 0 Å². The van der Waals surface area contributed by atoms with E-state index in [1.165, 1.54) is 36.4 Å². The maximum absolute atomic E-state index is 5.84. The van der Waals surface area contributed by atoms with E-state index in [0.29, 0.717) is 0 Å². The van der Waals surface area contributed by atoms with Gasteiger partial charge in [0.05, 0.1) is 12.1 Å². The van der Waals surface area contributed by atoms with Gasteiger partial charge in [-0.25, -0.2) is 4.98 Å². The normalized spacial score (nSPS) is 19.5. The van der Waals surface area contributed by atoms with Gasteiger partial charge in [-0.3, -0.25) is 0 Å². The summed E-state index contributed by atoms with van der Waals surface area (Å²) in [4.78, 5) is 4.73. The molecule has 2 heterocycles. The minimum atomic E-state index is -1.39. The van der Waals surface area contributed by atoms with Crippen LogP contribution in [0, 0.1) is 0 Å². The summed E-state index contributed by atoms with van der Waals surface area (Å²) in [5.74, 6) is 0. The van der Waals surface area contributed by atoms with Gasteiger partial charge in [-0.15, -0.1) is 0 Å². The Bertz CT molecular complexity index is 418. The van der Waals surface area contributed by atoms with Crippen molar-refractivity contribution in [1.82, 2.24) is 9.55 Å². The van der Waals surface area contributed by atoms with Gasteiger partial charge in [0.15, 0.2) is 6.29 Å². The fourth-order valence-electron chi connectivity index (χ4n) is 3.47. The first-order valence-electron chi connectivity index (χ1n) is 9.00. The van der Waals surface area contributed by atoms with Crippen LogP contribution < -0.4 is 5.45 Å². The Kier molecular flexibility index (Phi) is 7.11. The molecule has 0 radical (unpaired) electrons. The molecule has 1 fully saturated rings. The SMILES string of the molecule is CC[Si](CC)(CC)c1nccn1CCCOC1CCCCO1. The van der Waals surface area contributed by atoms with Crippen LogP contribution in [0.2, 0.25) is 18.1 Å². The average Bonchev–Trinajstić information content (AvgIpc) is 3.04. The Balaban J connectivity index is 1.84. The molecule has 126 valence electrons. The lowest BCUT2D eigenvalue weighted by atomic mass is 10.2. The highest BCUT2D eigenvalue weighted by Gasteiger charge is 2.33. The first kappa shape index (κ1) is 17.7. The van der Waals surface area contributed by atoms with E-state index < -0.39 is 8.07 Å². The molecule has 0 bridgehead atoms. The van der Waals surface area contributed by atoms with Gasteiger partial charge in [-0.2, -0.15) is 0 Å². The van der Waals surface area contributed by atoms with Crippen molar-refractivity contribution in [3.8, 4) is 0 Å². The minimum absolute atomic E-state index is 0.0337. The van der Waals surface area contributed by atoms with Crippen molar-refractivity contribution in [2.45, 2.75) is 77.4 Å². The van der Waals surface area contributed by atoms with E-state index in [1.807, 2.05) is 6.20 Å². The predicted octanol–water partition coefficient (Wildman–Crippen LogP) is 3.53. The molecule has 5 heteroatoms. The third-order valence-corrected chi connectivity index (χ3v) is 10.6. The van der Waals surface area contributed by atoms with E-state index in [9.17, 15) is 0 Å². The molecule has 4 nitrogen and oxygen atoms in total. The molecule has 0 aromatic carbocycles. The van der Waals surface area contributed by atoms with E-state index in [1.54, 1.807) is 0 Å². The summed E-state index contributed by atoms with van der Waals surface area (Å²) < 4.78 is 13.8. The molecule has 1 aromatic heterocycles. The van der Waals surface area contributed by atoms with Gasteiger partial charge >= 0.3 is 0 Å². The summed E-state index contributed by atoms with van der Waals surface area (Å²) >= 11 is 0. The van der Waals surface area contributed by atoms with Crippen molar-refractivity contribution in [2.24, 2.45) is 0 Å². The number of hydrogen-bond acceptors (Lipinski definition) is 3. The van der Waals surface area contributed by atoms with Gasteiger partial charge < -0.3 is 14.0 Å². The first-order valence-corrected chi connectivity index (χ1v) is 11.6. The van der Waals surface area contributed by atoms with Crippen LogP contribution >= 0.6 is 0 Å². The van der Waals surface area contributed by atoms with Crippen molar-refractivity contribution < 1.29 is 9.47 Å². The standard InChI is InChI=1S/C17H32N2O2Si/c1-4-22(5-2,6-3)17-18-11-13-19(17)12-9-15-21-16-10-7-8-14-20-16/h11,13,16H,4-10,12,14-15H2,1-3H3. The van der Waals surface area contributed by atoms with Crippen molar-refractivity contribution in [3.63, 3.8) is 0 Å². The zero-order valence-electron chi connectivity index (χ0n) is 14.5. The number of hydrogen-bond donors (Lipinski definition) is 0. The smallest absolute Gasteiger partial charge is 0.157 e. The van der Waals surface area contributed by atoms with Crippen molar-refractivity contribution in [1.29, 1.82) is 0 Å². The average molecular weight is 325 g/mol. The van der Waals surface area contributed by atoms with Crippen molar-refractivity contribution in [3.05, 3.63) is 12.4 Å². The van der Waals surface area contributed by atoms with Crippen LogP contribution in [0.5, 0.6) is 0 Å². The fraction of sp³-hybridized carbons (Fsp3) is 0.824. The summed E-state index contributed by atoms with van der Waals surface area (Å²) in [6.45, 7) is 9.65. The van der Waals surface area contributed by atoms with Crippen LogP contribution in [0.3, 0.4) is 0 Å². The molecule has 1 atom stereocenters. The van der Waals surface area contributed by atoms with Crippen LogP contribution in [0.15, 0.2) is 12.4 Å². The van der Waals surface area contributed by atoms with E-state index in [2.05, 4.69) is 31.5 Å².